The van der Waals surface area contributed by atoms with Gasteiger partial charge in [0.2, 0.25) is 11.8 Å². The number of piperazine rings is 1. The Labute approximate surface area is 178 Å². The molecule has 0 atom stereocenters. The van der Waals surface area contributed by atoms with Gasteiger partial charge in [-0.15, -0.1) is 0 Å². The smallest absolute Gasteiger partial charge is 0.224 e. The number of hydrogen-bond donors (Lipinski definition) is 0. The summed E-state index contributed by atoms with van der Waals surface area (Å²) in [6.07, 6.45) is 8.33. The molecule has 2 aliphatic heterocycles. The highest BCUT2D eigenvalue weighted by molar-refractivity contribution is 5.86. The summed E-state index contributed by atoms with van der Waals surface area (Å²) in [6, 6.07) is 6.42. The Balaban J connectivity index is 1.20. The summed E-state index contributed by atoms with van der Waals surface area (Å²) in [5.41, 5.74) is 2.15. The molecule has 1 aliphatic carbocycles. The Hall–Kier alpha value is -2.41. The van der Waals surface area contributed by atoms with E-state index in [4.69, 9.17) is 4.74 Å². The summed E-state index contributed by atoms with van der Waals surface area (Å²) in [5.74, 6) is 1.05. The van der Waals surface area contributed by atoms with Crippen molar-refractivity contribution < 1.29 is 9.53 Å². The van der Waals surface area contributed by atoms with Crippen molar-refractivity contribution in [2.24, 2.45) is 0 Å². The van der Waals surface area contributed by atoms with Crippen LogP contribution in [-0.2, 0) is 4.79 Å². The summed E-state index contributed by atoms with van der Waals surface area (Å²) in [5, 5.41) is 1.01. The van der Waals surface area contributed by atoms with E-state index in [1.54, 1.807) is 6.33 Å². The van der Waals surface area contributed by atoms with E-state index >= 15 is 0 Å². The summed E-state index contributed by atoms with van der Waals surface area (Å²) in [4.78, 5) is 27.8. The van der Waals surface area contributed by atoms with Crippen molar-refractivity contribution in [1.29, 1.82) is 0 Å². The molecule has 2 aromatic rings. The van der Waals surface area contributed by atoms with Crippen molar-refractivity contribution in [2.45, 2.75) is 44.6 Å². The van der Waals surface area contributed by atoms with Crippen LogP contribution in [0, 0.1) is 0 Å². The van der Waals surface area contributed by atoms with Crippen LogP contribution < -0.4 is 9.64 Å². The number of nitrogens with zero attached hydrogens (tertiary/aromatic N) is 5. The molecule has 160 valence electrons. The fraction of sp³-hybridized carbons (Fsp3) is 0.609. The number of rotatable bonds is 6. The summed E-state index contributed by atoms with van der Waals surface area (Å²) in [6.45, 7) is 6.81. The third kappa shape index (κ3) is 4.21. The zero-order valence-corrected chi connectivity index (χ0v) is 17.6. The molecular weight excluding hydrogens is 378 g/mol. The number of likely N-dealkylation sites (tertiary alicyclic amines) is 1. The lowest BCUT2D eigenvalue weighted by molar-refractivity contribution is -0.133. The second-order valence-electron chi connectivity index (χ2n) is 8.72. The van der Waals surface area contributed by atoms with Crippen molar-refractivity contribution in [1.82, 2.24) is 19.8 Å². The van der Waals surface area contributed by atoms with Gasteiger partial charge in [0.15, 0.2) is 0 Å². The van der Waals surface area contributed by atoms with Crippen LogP contribution in [-0.4, -0.2) is 77.6 Å². The molecule has 1 saturated carbocycles. The largest absolute Gasteiger partial charge is 0.474 e. The van der Waals surface area contributed by atoms with Crippen molar-refractivity contribution in [2.75, 3.05) is 50.7 Å². The Bertz CT molecular complexity index is 892. The van der Waals surface area contributed by atoms with Gasteiger partial charge in [-0.25, -0.2) is 9.97 Å². The minimum Gasteiger partial charge on any atom is -0.474 e. The van der Waals surface area contributed by atoms with Crippen LogP contribution in [0.3, 0.4) is 0 Å². The molecule has 30 heavy (non-hydrogen) atoms. The molecule has 5 rings (SSSR count). The van der Waals surface area contributed by atoms with Crippen molar-refractivity contribution in [3.05, 3.63) is 24.5 Å². The third-order valence-corrected chi connectivity index (χ3v) is 6.76. The molecule has 7 heteroatoms. The molecule has 1 aromatic carbocycles. The maximum Gasteiger partial charge on any atom is 0.224 e. The van der Waals surface area contributed by atoms with Gasteiger partial charge in [-0.2, -0.15) is 0 Å². The highest BCUT2D eigenvalue weighted by Crippen LogP contribution is 2.31. The van der Waals surface area contributed by atoms with Gasteiger partial charge >= 0.3 is 0 Å². The molecule has 0 bridgehead atoms. The average molecular weight is 410 g/mol. The van der Waals surface area contributed by atoms with Crippen LogP contribution in [0.4, 0.5) is 5.69 Å². The highest BCUT2D eigenvalue weighted by atomic mass is 16.5. The molecule has 0 spiro atoms. The zero-order chi connectivity index (χ0) is 20.3. The number of ether oxygens (including phenoxy) is 1. The molecule has 7 nitrogen and oxygen atoms in total. The first-order chi connectivity index (χ1) is 14.8. The maximum atomic E-state index is 12.0. The number of carbonyl (C=O) groups is 1. The van der Waals surface area contributed by atoms with E-state index in [1.165, 1.54) is 12.1 Å². The number of aromatic nitrogens is 2. The number of fused-ring (bicyclic) bond motifs is 1. The van der Waals surface area contributed by atoms with Crippen molar-refractivity contribution >= 4 is 22.5 Å². The average Bonchev–Trinajstić information content (AvgIpc) is 2.76. The molecule has 0 unspecified atom stereocenters. The van der Waals surface area contributed by atoms with Crippen molar-refractivity contribution in [3.63, 3.8) is 0 Å². The molecular formula is C23H31N5O2. The van der Waals surface area contributed by atoms with Crippen LogP contribution in [0.1, 0.15) is 38.5 Å². The normalized spacial score (nSPS) is 21.1. The van der Waals surface area contributed by atoms with Gasteiger partial charge in [0.05, 0.1) is 10.9 Å². The Morgan fingerprint density at radius 3 is 2.60 bits per heavy atom. The highest BCUT2D eigenvalue weighted by Gasteiger charge is 2.23. The number of hydrogen-bond acceptors (Lipinski definition) is 6. The first-order valence-electron chi connectivity index (χ1n) is 11.4. The molecule has 1 aromatic heterocycles. The Morgan fingerprint density at radius 1 is 0.967 bits per heavy atom. The minimum absolute atomic E-state index is 0.307. The Kier molecular flexibility index (Phi) is 5.71. The molecule has 3 aliphatic rings. The molecule has 1 amide bonds. The van der Waals surface area contributed by atoms with E-state index in [9.17, 15) is 4.79 Å². The number of amides is 1. The predicted octanol–water partition coefficient (Wildman–Crippen LogP) is 2.70. The summed E-state index contributed by atoms with van der Waals surface area (Å²) < 4.78 is 6.11. The molecule has 2 saturated heterocycles. The molecule has 3 heterocycles. The first-order valence-corrected chi connectivity index (χ1v) is 11.4. The minimum atomic E-state index is 0.307. The standard InChI is InChI=1S/C23H31N5O2/c29-22-6-1-2-9-28(22)15-12-26-10-13-27(14-11-26)18-7-8-21-20(16-18)23(25-17-24-21)30-19-4-3-5-19/h7-8,16-17,19H,1-6,9-15H2. The van der Waals surface area contributed by atoms with Gasteiger partial charge in [0.25, 0.3) is 0 Å². The lowest BCUT2D eigenvalue weighted by atomic mass is 9.96. The van der Waals surface area contributed by atoms with Crippen LogP contribution >= 0.6 is 0 Å². The summed E-state index contributed by atoms with van der Waals surface area (Å²) >= 11 is 0. The predicted molar refractivity (Wildman–Crippen MR) is 117 cm³/mol. The third-order valence-electron chi connectivity index (χ3n) is 6.76. The van der Waals surface area contributed by atoms with Crippen molar-refractivity contribution in [3.8, 4) is 5.88 Å². The van der Waals surface area contributed by atoms with E-state index in [-0.39, 0.29) is 0 Å². The maximum absolute atomic E-state index is 12.0. The van der Waals surface area contributed by atoms with E-state index in [0.717, 1.165) is 94.7 Å². The molecule has 3 fully saturated rings. The van der Waals surface area contributed by atoms with E-state index in [0.29, 0.717) is 12.0 Å². The quantitative estimate of drug-likeness (QED) is 0.731. The van der Waals surface area contributed by atoms with Gasteiger partial charge in [-0.3, -0.25) is 9.69 Å². The number of piperidine rings is 1. The topological polar surface area (TPSA) is 61.8 Å². The lowest BCUT2D eigenvalue weighted by Gasteiger charge is -2.37. The van der Waals surface area contributed by atoms with Gasteiger partial charge < -0.3 is 14.5 Å². The fourth-order valence-corrected chi connectivity index (χ4v) is 4.55. The number of anilines is 1. The Morgan fingerprint density at radius 2 is 1.83 bits per heavy atom. The molecule has 0 N–H and O–H groups in total. The molecule has 0 radical (unpaired) electrons. The van der Waals surface area contributed by atoms with Gasteiger partial charge in [-0.1, -0.05) is 0 Å². The second kappa shape index (κ2) is 8.76. The van der Waals surface area contributed by atoms with Crippen LogP contribution in [0.2, 0.25) is 0 Å². The van der Waals surface area contributed by atoms with Gasteiger partial charge in [-0.05, 0) is 50.3 Å². The monoisotopic (exact) mass is 409 g/mol. The van der Waals surface area contributed by atoms with Crippen LogP contribution in [0.5, 0.6) is 5.88 Å². The number of benzene rings is 1. The van der Waals surface area contributed by atoms with Crippen LogP contribution in [0.25, 0.3) is 10.9 Å². The first kappa shape index (κ1) is 19.5. The van der Waals surface area contributed by atoms with Crippen LogP contribution in [0.15, 0.2) is 24.5 Å². The zero-order valence-electron chi connectivity index (χ0n) is 17.6. The van der Waals surface area contributed by atoms with Gasteiger partial charge in [0.1, 0.15) is 12.4 Å². The second-order valence-corrected chi connectivity index (χ2v) is 8.72. The van der Waals surface area contributed by atoms with E-state index in [1.807, 2.05) is 4.90 Å². The van der Waals surface area contributed by atoms with E-state index < -0.39 is 0 Å². The SMILES string of the molecule is O=C1CCCCN1CCN1CCN(c2ccc3ncnc(OC4CCC4)c3c2)CC1. The fourth-order valence-electron chi connectivity index (χ4n) is 4.55. The number of carbonyl (C=O) groups excluding carboxylic acids is 1. The lowest BCUT2D eigenvalue weighted by Crippen LogP contribution is -2.49. The van der Waals surface area contributed by atoms with E-state index in [2.05, 4.69) is 38.0 Å². The summed E-state index contributed by atoms with van der Waals surface area (Å²) in [7, 11) is 0. The van der Waals surface area contributed by atoms with Gasteiger partial charge in [0, 0.05) is 57.9 Å².